The average molecular weight is 414 g/mol. The van der Waals surface area contributed by atoms with Crippen molar-refractivity contribution in [2.45, 2.75) is 0 Å². The summed E-state index contributed by atoms with van der Waals surface area (Å²) in [6, 6.07) is 21.4. The molecule has 0 bridgehead atoms. The van der Waals surface area contributed by atoms with Crippen molar-refractivity contribution in [3.63, 3.8) is 0 Å². The number of para-hydroxylation sites is 1. The molecule has 3 aromatic rings. The Hall–Kier alpha value is -4.12. The van der Waals surface area contributed by atoms with Crippen molar-refractivity contribution >= 4 is 23.9 Å². The Morgan fingerprint density at radius 2 is 1.35 bits per heavy atom. The van der Waals surface area contributed by atoms with Gasteiger partial charge in [-0.25, -0.2) is 4.79 Å². The molecule has 0 unspecified atom stereocenters. The van der Waals surface area contributed by atoms with Gasteiger partial charge in [-0.1, -0.05) is 54.6 Å². The van der Waals surface area contributed by atoms with Crippen LogP contribution in [0.4, 0.5) is 0 Å². The second-order valence-electron chi connectivity index (χ2n) is 6.47. The fourth-order valence-corrected chi connectivity index (χ4v) is 2.85. The lowest BCUT2D eigenvalue weighted by Crippen LogP contribution is -2.07. The van der Waals surface area contributed by atoms with Crippen molar-refractivity contribution in [3.8, 4) is 17.2 Å². The molecule has 0 heterocycles. The lowest BCUT2D eigenvalue weighted by atomic mass is 10.1. The molecule has 0 amide bonds. The highest BCUT2D eigenvalue weighted by Crippen LogP contribution is 2.28. The van der Waals surface area contributed by atoms with Gasteiger partial charge < -0.3 is 14.2 Å². The normalized spacial score (nSPS) is 10.9. The van der Waals surface area contributed by atoms with E-state index in [0.717, 1.165) is 11.1 Å². The molecule has 0 fully saturated rings. The molecule has 0 aliphatic heterocycles. The highest BCUT2D eigenvalue weighted by molar-refractivity contribution is 6.09. The number of carbonyl (C=O) groups is 2. The molecule has 0 aromatic heterocycles. The molecular weight excluding hydrogens is 392 g/mol. The van der Waals surface area contributed by atoms with E-state index >= 15 is 0 Å². The molecule has 0 aliphatic rings. The first-order chi connectivity index (χ1) is 15.1. The van der Waals surface area contributed by atoms with Gasteiger partial charge in [-0.3, -0.25) is 4.79 Å². The molecule has 0 aliphatic carbocycles. The van der Waals surface area contributed by atoms with Crippen LogP contribution in [0.3, 0.4) is 0 Å². The Kier molecular flexibility index (Phi) is 7.38. The van der Waals surface area contributed by atoms with Gasteiger partial charge in [-0.2, -0.15) is 0 Å². The largest absolute Gasteiger partial charge is 0.493 e. The van der Waals surface area contributed by atoms with Crippen LogP contribution in [-0.2, 0) is 4.79 Å². The number of methoxy groups -OCH3 is 2. The van der Waals surface area contributed by atoms with E-state index in [1.807, 2.05) is 30.3 Å². The molecule has 0 radical (unpaired) electrons. The molecular formula is C26H22O5. The molecule has 5 heteroatoms. The summed E-state index contributed by atoms with van der Waals surface area (Å²) in [4.78, 5) is 24.9. The maximum Gasteiger partial charge on any atom is 0.336 e. The van der Waals surface area contributed by atoms with Crippen LogP contribution < -0.4 is 14.2 Å². The van der Waals surface area contributed by atoms with E-state index in [0.29, 0.717) is 17.1 Å². The van der Waals surface area contributed by atoms with Crippen molar-refractivity contribution in [2.24, 2.45) is 0 Å². The van der Waals surface area contributed by atoms with E-state index in [-0.39, 0.29) is 11.5 Å². The summed E-state index contributed by atoms with van der Waals surface area (Å²) >= 11 is 0. The van der Waals surface area contributed by atoms with Crippen LogP contribution in [0.25, 0.3) is 12.2 Å². The van der Waals surface area contributed by atoms with Gasteiger partial charge in [0, 0.05) is 6.08 Å². The van der Waals surface area contributed by atoms with Crippen LogP contribution in [0.15, 0.2) is 84.9 Å². The minimum atomic E-state index is -0.595. The standard InChI is InChI=1S/C26H22O5/c1-29-24-16-13-20(18-25(24)30-2)14-17-26(28)31-23-11-7-6-10-21(23)22(27)15-12-19-8-4-3-5-9-19/h3-18H,1-2H3/b15-12+,17-14+. The number of hydrogen-bond donors (Lipinski definition) is 0. The highest BCUT2D eigenvalue weighted by atomic mass is 16.5. The number of ether oxygens (including phenoxy) is 3. The van der Waals surface area contributed by atoms with Gasteiger partial charge >= 0.3 is 5.97 Å². The predicted octanol–water partition coefficient (Wildman–Crippen LogP) is 5.22. The summed E-state index contributed by atoms with van der Waals surface area (Å²) in [6.45, 7) is 0. The van der Waals surface area contributed by atoms with E-state index in [9.17, 15) is 9.59 Å². The van der Waals surface area contributed by atoms with E-state index in [1.54, 1.807) is 68.8 Å². The van der Waals surface area contributed by atoms with Crippen LogP contribution in [0.2, 0.25) is 0 Å². The lowest BCUT2D eigenvalue weighted by molar-refractivity contribution is -0.128. The third-order valence-electron chi connectivity index (χ3n) is 4.41. The molecule has 31 heavy (non-hydrogen) atoms. The van der Waals surface area contributed by atoms with Crippen molar-refractivity contribution in [1.82, 2.24) is 0 Å². The monoisotopic (exact) mass is 414 g/mol. The van der Waals surface area contributed by atoms with E-state index in [2.05, 4.69) is 0 Å². The molecule has 0 saturated heterocycles. The fraction of sp³-hybridized carbons (Fsp3) is 0.0769. The average Bonchev–Trinajstić information content (AvgIpc) is 2.82. The maximum atomic E-state index is 12.6. The van der Waals surface area contributed by atoms with Gasteiger partial charge in [0.1, 0.15) is 5.75 Å². The zero-order valence-corrected chi connectivity index (χ0v) is 17.3. The van der Waals surface area contributed by atoms with E-state index < -0.39 is 5.97 Å². The molecule has 3 rings (SSSR count). The minimum absolute atomic E-state index is 0.201. The van der Waals surface area contributed by atoms with Gasteiger partial charge in [0.15, 0.2) is 17.3 Å². The quantitative estimate of drug-likeness (QED) is 0.219. The number of hydrogen-bond acceptors (Lipinski definition) is 5. The fourth-order valence-electron chi connectivity index (χ4n) is 2.85. The molecule has 0 atom stereocenters. The first-order valence-electron chi connectivity index (χ1n) is 9.59. The van der Waals surface area contributed by atoms with Gasteiger partial charge in [0.05, 0.1) is 19.8 Å². The summed E-state index contributed by atoms with van der Waals surface area (Å²) in [5, 5.41) is 0. The molecule has 0 N–H and O–H groups in total. The van der Waals surface area contributed by atoms with Crippen LogP contribution >= 0.6 is 0 Å². The first kappa shape index (κ1) is 21.6. The second kappa shape index (κ2) is 10.6. The Morgan fingerprint density at radius 3 is 2.10 bits per heavy atom. The molecule has 3 aromatic carbocycles. The Bertz CT molecular complexity index is 1110. The summed E-state index contributed by atoms with van der Waals surface area (Å²) in [5.74, 6) is 0.503. The maximum absolute atomic E-state index is 12.6. The van der Waals surface area contributed by atoms with E-state index in [1.165, 1.54) is 12.2 Å². The van der Waals surface area contributed by atoms with Crippen molar-refractivity contribution in [2.75, 3.05) is 14.2 Å². The molecule has 0 spiro atoms. The zero-order valence-electron chi connectivity index (χ0n) is 17.3. The molecule has 5 nitrogen and oxygen atoms in total. The number of esters is 1. The molecule has 0 saturated carbocycles. The van der Waals surface area contributed by atoms with Gasteiger partial charge in [-0.05, 0) is 47.5 Å². The van der Waals surface area contributed by atoms with Crippen LogP contribution in [0.1, 0.15) is 21.5 Å². The number of ketones is 1. The summed E-state index contributed by atoms with van der Waals surface area (Å²) in [5.41, 5.74) is 1.95. The van der Waals surface area contributed by atoms with Crippen LogP contribution in [0, 0.1) is 0 Å². The van der Waals surface area contributed by atoms with E-state index in [4.69, 9.17) is 14.2 Å². The third-order valence-corrected chi connectivity index (χ3v) is 4.41. The second-order valence-corrected chi connectivity index (χ2v) is 6.47. The smallest absolute Gasteiger partial charge is 0.336 e. The van der Waals surface area contributed by atoms with Crippen LogP contribution in [0.5, 0.6) is 17.2 Å². The Labute approximate surface area is 181 Å². The van der Waals surface area contributed by atoms with Gasteiger partial charge in [0.25, 0.3) is 0 Å². The summed E-state index contributed by atoms with van der Waals surface area (Å²) < 4.78 is 15.9. The summed E-state index contributed by atoms with van der Waals surface area (Å²) in [7, 11) is 3.10. The summed E-state index contributed by atoms with van der Waals surface area (Å²) in [6.07, 6.45) is 6.08. The molecule has 156 valence electrons. The lowest BCUT2D eigenvalue weighted by Gasteiger charge is -2.08. The Morgan fingerprint density at radius 1 is 0.677 bits per heavy atom. The SMILES string of the molecule is COc1ccc(/C=C/C(=O)Oc2ccccc2C(=O)/C=C/c2ccccc2)cc1OC. The predicted molar refractivity (Wildman–Crippen MR) is 120 cm³/mol. The van der Waals surface area contributed by atoms with Gasteiger partial charge in [-0.15, -0.1) is 0 Å². The number of allylic oxidation sites excluding steroid dienone is 1. The van der Waals surface area contributed by atoms with Crippen molar-refractivity contribution in [1.29, 1.82) is 0 Å². The number of rotatable bonds is 8. The first-order valence-corrected chi connectivity index (χ1v) is 9.59. The van der Waals surface area contributed by atoms with Gasteiger partial charge in [0.2, 0.25) is 0 Å². The minimum Gasteiger partial charge on any atom is -0.493 e. The third kappa shape index (κ3) is 5.93. The topological polar surface area (TPSA) is 61.8 Å². The highest BCUT2D eigenvalue weighted by Gasteiger charge is 2.12. The Balaban J connectivity index is 1.71. The van der Waals surface area contributed by atoms with Crippen molar-refractivity contribution < 1.29 is 23.8 Å². The van der Waals surface area contributed by atoms with Crippen LogP contribution in [-0.4, -0.2) is 26.0 Å². The number of benzene rings is 3. The number of carbonyl (C=O) groups excluding carboxylic acids is 2. The van der Waals surface area contributed by atoms with Crippen molar-refractivity contribution in [3.05, 3.63) is 102 Å². The zero-order chi connectivity index (χ0) is 22.1.